The molecule has 2 rings (SSSR count). The number of ether oxygens (including phenoxy) is 1. The van der Waals surface area contributed by atoms with Crippen molar-refractivity contribution in [3.63, 3.8) is 0 Å². The average molecular weight is 299 g/mol. The lowest BCUT2D eigenvalue weighted by Gasteiger charge is -2.07. The zero-order valence-electron chi connectivity index (χ0n) is 10.5. The summed E-state index contributed by atoms with van der Waals surface area (Å²) < 4.78 is 27.6. The van der Waals surface area contributed by atoms with Gasteiger partial charge in [-0.25, -0.2) is 8.42 Å². The molecular formula is C12H13NO6S. The molecule has 7 nitrogen and oxygen atoms in total. The molecule has 1 heterocycles. The Morgan fingerprint density at radius 3 is 2.50 bits per heavy atom. The Balaban J connectivity index is 1.90. The number of nitro benzene ring substituents is 1. The molecule has 1 aromatic carbocycles. The number of hydrogen-bond acceptors (Lipinski definition) is 6. The third-order valence-electron chi connectivity index (χ3n) is 3.06. The van der Waals surface area contributed by atoms with Gasteiger partial charge in [0.15, 0.2) is 9.84 Å². The Bertz CT molecular complexity index is 622. The van der Waals surface area contributed by atoms with Crippen LogP contribution in [0.5, 0.6) is 5.75 Å². The highest BCUT2D eigenvalue weighted by atomic mass is 32.2. The Kier molecular flexibility index (Phi) is 4.03. The number of rotatable bonds is 4. The van der Waals surface area contributed by atoms with Crippen LogP contribution in [-0.2, 0) is 14.6 Å². The third-order valence-corrected chi connectivity index (χ3v) is 4.90. The number of carbonyl (C=O) groups is 1. The van der Waals surface area contributed by atoms with Crippen LogP contribution in [0, 0.1) is 16.0 Å². The molecule has 0 aromatic heterocycles. The molecule has 20 heavy (non-hydrogen) atoms. The van der Waals surface area contributed by atoms with Crippen molar-refractivity contribution < 1.29 is 22.9 Å². The Morgan fingerprint density at radius 2 is 2.00 bits per heavy atom. The standard InChI is InChI=1S/C12H13NO6S/c14-12(7-9-5-6-20(17,18)8-9)19-11-3-1-10(2-4-11)13(15)16/h1-4,9H,5-8H2/t9-/m0/s1. The molecule has 0 spiro atoms. The zero-order valence-corrected chi connectivity index (χ0v) is 11.3. The molecule has 108 valence electrons. The van der Waals surface area contributed by atoms with E-state index in [1.54, 1.807) is 0 Å². The molecule has 0 unspecified atom stereocenters. The molecule has 0 N–H and O–H groups in total. The van der Waals surface area contributed by atoms with Crippen LogP contribution in [0.4, 0.5) is 5.69 Å². The molecule has 8 heteroatoms. The zero-order chi connectivity index (χ0) is 14.8. The summed E-state index contributed by atoms with van der Waals surface area (Å²) in [6.07, 6.45) is 0.508. The van der Waals surface area contributed by atoms with Crippen LogP contribution in [0.25, 0.3) is 0 Å². The smallest absolute Gasteiger partial charge is 0.311 e. The summed E-state index contributed by atoms with van der Waals surface area (Å²) in [5, 5.41) is 10.5. The highest BCUT2D eigenvalue weighted by molar-refractivity contribution is 7.91. The van der Waals surface area contributed by atoms with Gasteiger partial charge in [-0.1, -0.05) is 0 Å². The van der Waals surface area contributed by atoms with Gasteiger partial charge in [-0.15, -0.1) is 0 Å². The average Bonchev–Trinajstić information content (AvgIpc) is 2.69. The van der Waals surface area contributed by atoms with Crippen LogP contribution in [0.1, 0.15) is 12.8 Å². The van der Waals surface area contributed by atoms with E-state index in [0.717, 1.165) is 0 Å². The molecule has 1 aliphatic rings. The van der Waals surface area contributed by atoms with Gasteiger partial charge < -0.3 is 4.74 Å². The number of nitrogens with zero attached hydrogens (tertiary/aromatic N) is 1. The molecular weight excluding hydrogens is 286 g/mol. The number of hydrogen-bond donors (Lipinski definition) is 0. The number of esters is 1. The van der Waals surface area contributed by atoms with Gasteiger partial charge in [0.05, 0.1) is 16.4 Å². The maximum absolute atomic E-state index is 11.6. The van der Waals surface area contributed by atoms with Gasteiger partial charge in [-0.2, -0.15) is 0 Å². The number of non-ortho nitro benzene ring substituents is 1. The van der Waals surface area contributed by atoms with E-state index < -0.39 is 20.7 Å². The summed E-state index contributed by atoms with van der Waals surface area (Å²) in [5.74, 6) is -0.391. The SMILES string of the molecule is O=C(C[C@@H]1CCS(=O)(=O)C1)Oc1ccc([N+](=O)[O-])cc1. The van der Waals surface area contributed by atoms with Gasteiger partial charge in [0, 0.05) is 18.6 Å². The lowest BCUT2D eigenvalue weighted by molar-refractivity contribution is -0.384. The van der Waals surface area contributed by atoms with E-state index in [1.165, 1.54) is 24.3 Å². The van der Waals surface area contributed by atoms with E-state index in [4.69, 9.17) is 4.74 Å². The van der Waals surface area contributed by atoms with E-state index in [0.29, 0.717) is 6.42 Å². The summed E-state index contributed by atoms with van der Waals surface area (Å²) in [4.78, 5) is 21.6. The quantitative estimate of drug-likeness (QED) is 0.359. The molecule has 1 saturated heterocycles. The van der Waals surface area contributed by atoms with E-state index >= 15 is 0 Å². The first-order valence-electron chi connectivity index (χ1n) is 6.01. The van der Waals surface area contributed by atoms with Crippen molar-refractivity contribution in [2.24, 2.45) is 5.92 Å². The molecule has 0 bridgehead atoms. The van der Waals surface area contributed by atoms with Crippen LogP contribution < -0.4 is 4.74 Å². The highest BCUT2D eigenvalue weighted by Crippen LogP contribution is 2.23. The second-order valence-electron chi connectivity index (χ2n) is 4.70. The maximum atomic E-state index is 11.6. The van der Waals surface area contributed by atoms with Crippen LogP contribution in [-0.4, -0.2) is 30.8 Å². The molecule has 1 atom stereocenters. The van der Waals surface area contributed by atoms with Gasteiger partial charge in [0.25, 0.3) is 5.69 Å². The van der Waals surface area contributed by atoms with Crippen LogP contribution in [0.15, 0.2) is 24.3 Å². The molecule has 0 aliphatic carbocycles. The van der Waals surface area contributed by atoms with Crippen LogP contribution in [0.3, 0.4) is 0 Å². The predicted molar refractivity (Wildman–Crippen MR) is 70.1 cm³/mol. The molecule has 0 amide bonds. The summed E-state index contributed by atoms with van der Waals surface area (Å²) >= 11 is 0. The molecule has 1 aliphatic heterocycles. The fourth-order valence-corrected chi connectivity index (χ4v) is 3.94. The normalized spacial score (nSPS) is 20.5. The summed E-state index contributed by atoms with van der Waals surface area (Å²) in [7, 11) is -3.01. The fourth-order valence-electron chi connectivity index (χ4n) is 2.08. The number of carbonyl (C=O) groups excluding carboxylic acids is 1. The Hall–Kier alpha value is -1.96. The van der Waals surface area contributed by atoms with Gasteiger partial charge >= 0.3 is 5.97 Å². The molecule has 0 saturated carbocycles. The number of nitro groups is 1. The number of benzene rings is 1. The highest BCUT2D eigenvalue weighted by Gasteiger charge is 2.29. The number of sulfone groups is 1. The summed E-state index contributed by atoms with van der Waals surface area (Å²) in [5.41, 5.74) is -0.0910. The Morgan fingerprint density at radius 1 is 1.35 bits per heavy atom. The minimum Gasteiger partial charge on any atom is -0.427 e. The molecule has 1 aromatic rings. The second kappa shape index (κ2) is 5.58. The Labute approximate surface area is 115 Å². The third kappa shape index (κ3) is 3.77. The van der Waals surface area contributed by atoms with Crippen molar-refractivity contribution in [1.29, 1.82) is 0 Å². The van der Waals surface area contributed by atoms with E-state index in [1.807, 2.05) is 0 Å². The largest absolute Gasteiger partial charge is 0.427 e. The maximum Gasteiger partial charge on any atom is 0.311 e. The monoisotopic (exact) mass is 299 g/mol. The fraction of sp³-hybridized carbons (Fsp3) is 0.417. The van der Waals surface area contributed by atoms with Gasteiger partial charge in [0.2, 0.25) is 0 Å². The first-order valence-corrected chi connectivity index (χ1v) is 7.83. The summed E-state index contributed by atoms with van der Waals surface area (Å²) in [6.45, 7) is 0. The molecule has 0 radical (unpaired) electrons. The second-order valence-corrected chi connectivity index (χ2v) is 6.93. The first-order chi connectivity index (χ1) is 9.35. The lowest BCUT2D eigenvalue weighted by atomic mass is 10.1. The lowest BCUT2D eigenvalue weighted by Crippen LogP contribution is -2.15. The van der Waals surface area contributed by atoms with Crippen molar-refractivity contribution in [3.8, 4) is 5.75 Å². The molecule has 1 fully saturated rings. The van der Waals surface area contributed by atoms with Crippen molar-refractivity contribution in [2.45, 2.75) is 12.8 Å². The van der Waals surface area contributed by atoms with Crippen molar-refractivity contribution in [1.82, 2.24) is 0 Å². The van der Waals surface area contributed by atoms with Gasteiger partial charge in [-0.3, -0.25) is 14.9 Å². The summed E-state index contributed by atoms with van der Waals surface area (Å²) in [6, 6.07) is 5.15. The van der Waals surface area contributed by atoms with E-state index in [2.05, 4.69) is 0 Å². The van der Waals surface area contributed by atoms with Crippen LogP contribution in [0.2, 0.25) is 0 Å². The van der Waals surface area contributed by atoms with Crippen molar-refractivity contribution >= 4 is 21.5 Å². The first kappa shape index (κ1) is 14.4. The van der Waals surface area contributed by atoms with Crippen molar-refractivity contribution in [3.05, 3.63) is 34.4 Å². The minimum absolute atomic E-state index is 0.0162. The van der Waals surface area contributed by atoms with E-state index in [-0.39, 0.29) is 35.3 Å². The van der Waals surface area contributed by atoms with Gasteiger partial charge in [-0.05, 0) is 24.5 Å². The van der Waals surface area contributed by atoms with Crippen LogP contribution >= 0.6 is 0 Å². The van der Waals surface area contributed by atoms with Gasteiger partial charge in [0.1, 0.15) is 5.75 Å². The van der Waals surface area contributed by atoms with Crippen molar-refractivity contribution in [2.75, 3.05) is 11.5 Å². The van der Waals surface area contributed by atoms with E-state index in [9.17, 15) is 23.3 Å². The topological polar surface area (TPSA) is 104 Å². The minimum atomic E-state index is -3.01. The predicted octanol–water partition coefficient (Wildman–Crippen LogP) is 1.33.